The van der Waals surface area contributed by atoms with E-state index in [0.717, 1.165) is 49.0 Å². The highest BCUT2D eigenvalue weighted by molar-refractivity contribution is 5.94. The van der Waals surface area contributed by atoms with E-state index in [9.17, 15) is 9.59 Å². The Bertz CT molecular complexity index is 1060. The van der Waals surface area contributed by atoms with E-state index in [2.05, 4.69) is 20.4 Å². The van der Waals surface area contributed by atoms with Crippen LogP contribution in [-0.2, 0) is 12.8 Å². The van der Waals surface area contributed by atoms with Crippen LogP contribution in [0.2, 0.25) is 0 Å². The number of hydrogen-bond donors (Lipinski definition) is 2. The second kappa shape index (κ2) is 6.78. The van der Waals surface area contributed by atoms with Gasteiger partial charge in [-0.3, -0.25) is 9.89 Å². The molecule has 1 aromatic carbocycles. The third-order valence-electron chi connectivity index (χ3n) is 5.80. The molecule has 0 saturated carbocycles. The number of rotatable bonds is 3. The van der Waals surface area contributed by atoms with Crippen LogP contribution in [0, 0.1) is 0 Å². The molecule has 2 aliphatic rings. The molecule has 3 heterocycles. The summed E-state index contributed by atoms with van der Waals surface area (Å²) >= 11 is 0. The third kappa shape index (κ3) is 2.76. The molecule has 5 rings (SSSR count). The SMILES string of the molecule is O=C(c1n[nH]c2c1CCC2)N1CCC[C@H](c2n[nH]c(=O)n2-c2ccccc2)C1. The number of likely N-dealkylation sites (tertiary alicyclic amines) is 1. The number of para-hydroxylation sites is 1. The lowest BCUT2D eigenvalue weighted by Gasteiger charge is -2.32. The van der Waals surface area contributed by atoms with Crippen LogP contribution in [0.25, 0.3) is 5.69 Å². The number of hydrogen-bond acceptors (Lipinski definition) is 4. The van der Waals surface area contributed by atoms with Gasteiger partial charge in [0, 0.05) is 30.3 Å². The molecule has 8 heteroatoms. The maximum atomic E-state index is 13.1. The van der Waals surface area contributed by atoms with E-state index in [1.165, 1.54) is 0 Å². The molecule has 2 N–H and O–H groups in total. The Morgan fingerprint density at radius 2 is 1.93 bits per heavy atom. The summed E-state index contributed by atoms with van der Waals surface area (Å²) in [5, 5.41) is 14.2. The lowest BCUT2D eigenvalue weighted by molar-refractivity contribution is 0.0697. The first-order chi connectivity index (χ1) is 13.7. The molecule has 0 radical (unpaired) electrons. The molecule has 3 aromatic rings. The number of aromatic amines is 2. The first-order valence-corrected chi connectivity index (χ1v) is 9.80. The summed E-state index contributed by atoms with van der Waals surface area (Å²) in [5.74, 6) is 0.665. The minimum absolute atomic E-state index is 0.00356. The number of amides is 1. The molecule has 1 aliphatic heterocycles. The maximum Gasteiger partial charge on any atom is 0.347 e. The number of carbonyl (C=O) groups is 1. The molecule has 0 bridgehead atoms. The van der Waals surface area contributed by atoms with E-state index in [-0.39, 0.29) is 17.5 Å². The molecule has 0 unspecified atom stereocenters. The van der Waals surface area contributed by atoms with Crippen molar-refractivity contribution >= 4 is 5.91 Å². The number of piperidine rings is 1. The standard InChI is InChI=1S/C20H22N6O2/c27-19(17-15-9-4-10-16(15)21-22-17)25-11-5-6-13(12-25)18-23-24-20(28)26(18)14-7-2-1-3-8-14/h1-3,7-8,13H,4-6,9-12H2,(H,21,22)(H,24,28)/t13-/m0/s1. The van der Waals surface area contributed by atoms with Gasteiger partial charge in [0.15, 0.2) is 5.69 Å². The van der Waals surface area contributed by atoms with Crippen molar-refractivity contribution in [3.63, 3.8) is 0 Å². The topological polar surface area (TPSA) is 99.7 Å². The average molecular weight is 378 g/mol. The van der Waals surface area contributed by atoms with E-state index < -0.39 is 0 Å². The summed E-state index contributed by atoms with van der Waals surface area (Å²) in [4.78, 5) is 27.3. The molecule has 1 saturated heterocycles. The van der Waals surface area contributed by atoms with E-state index in [4.69, 9.17) is 0 Å². The average Bonchev–Trinajstić information content (AvgIpc) is 3.44. The number of H-pyrrole nitrogens is 2. The zero-order valence-corrected chi connectivity index (χ0v) is 15.5. The molecule has 1 amide bonds. The lowest BCUT2D eigenvalue weighted by atomic mass is 9.96. The van der Waals surface area contributed by atoms with Crippen LogP contribution < -0.4 is 5.69 Å². The van der Waals surface area contributed by atoms with Crippen molar-refractivity contribution in [1.82, 2.24) is 29.9 Å². The Balaban J connectivity index is 1.43. The summed E-state index contributed by atoms with van der Waals surface area (Å²) in [5.41, 5.74) is 3.27. The molecule has 28 heavy (non-hydrogen) atoms. The fourth-order valence-electron chi connectivity index (χ4n) is 4.43. The minimum Gasteiger partial charge on any atom is -0.337 e. The first kappa shape index (κ1) is 17.0. The fraction of sp³-hybridized carbons (Fsp3) is 0.400. The van der Waals surface area contributed by atoms with E-state index in [0.29, 0.717) is 24.6 Å². The highest BCUT2D eigenvalue weighted by Crippen LogP contribution is 2.29. The van der Waals surface area contributed by atoms with Crippen molar-refractivity contribution in [3.05, 3.63) is 63.6 Å². The third-order valence-corrected chi connectivity index (χ3v) is 5.80. The largest absolute Gasteiger partial charge is 0.347 e. The number of aryl methyl sites for hydroxylation is 1. The molecule has 1 fully saturated rings. The molecule has 1 atom stereocenters. The Hall–Kier alpha value is -3.16. The van der Waals surface area contributed by atoms with Gasteiger partial charge in [0.25, 0.3) is 5.91 Å². The van der Waals surface area contributed by atoms with Gasteiger partial charge in [-0.05, 0) is 44.2 Å². The molecule has 8 nitrogen and oxygen atoms in total. The zero-order chi connectivity index (χ0) is 19.1. The van der Waals surface area contributed by atoms with Crippen molar-refractivity contribution in [2.24, 2.45) is 0 Å². The Kier molecular flexibility index (Phi) is 4.11. The summed E-state index contributed by atoms with van der Waals surface area (Å²) < 4.78 is 1.62. The van der Waals surface area contributed by atoms with Crippen molar-refractivity contribution in [2.75, 3.05) is 13.1 Å². The number of nitrogens with one attached hydrogen (secondary N) is 2. The number of fused-ring (bicyclic) bond motifs is 1. The van der Waals surface area contributed by atoms with E-state index >= 15 is 0 Å². The number of nitrogens with zero attached hydrogens (tertiary/aromatic N) is 4. The molecule has 1 aliphatic carbocycles. The van der Waals surface area contributed by atoms with Crippen LogP contribution >= 0.6 is 0 Å². The van der Waals surface area contributed by atoms with Crippen molar-refractivity contribution in [3.8, 4) is 5.69 Å². The van der Waals surface area contributed by atoms with E-state index in [1.54, 1.807) is 4.57 Å². The van der Waals surface area contributed by atoms with Crippen LogP contribution in [0.3, 0.4) is 0 Å². The van der Waals surface area contributed by atoms with Gasteiger partial charge in [0.1, 0.15) is 5.82 Å². The number of carbonyl (C=O) groups excluding carboxylic acids is 1. The summed E-state index contributed by atoms with van der Waals surface area (Å²) in [6.45, 7) is 1.24. The minimum atomic E-state index is -0.255. The first-order valence-electron chi connectivity index (χ1n) is 9.80. The smallest absolute Gasteiger partial charge is 0.337 e. The maximum absolute atomic E-state index is 13.1. The normalized spacial score (nSPS) is 19.0. The predicted octanol–water partition coefficient (Wildman–Crippen LogP) is 1.79. The summed E-state index contributed by atoms with van der Waals surface area (Å²) in [6, 6.07) is 9.48. The second-order valence-corrected chi connectivity index (χ2v) is 7.53. The summed E-state index contributed by atoms with van der Waals surface area (Å²) in [7, 11) is 0. The molecular weight excluding hydrogens is 356 g/mol. The van der Waals surface area contributed by atoms with Crippen LogP contribution in [0.4, 0.5) is 0 Å². The van der Waals surface area contributed by atoms with Gasteiger partial charge in [-0.15, -0.1) is 0 Å². The Labute approximate surface area is 161 Å². The van der Waals surface area contributed by atoms with Gasteiger partial charge in [-0.1, -0.05) is 18.2 Å². The molecule has 144 valence electrons. The van der Waals surface area contributed by atoms with Crippen molar-refractivity contribution in [1.29, 1.82) is 0 Å². The summed E-state index contributed by atoms with van der Waals surface area (Å²) in [6.07, 6.45) is 4.72. The van der Waals surface area contributed by atoms with Crippen molar-refractivity contribution in [2.45, 2.75) is 38.0 Å². The van der Waals surface area contributed by atoms with E-state index in [1.807, 2.05) is 35.2 Å². The van der Waals surface area contributed by atoms with Gasteiger partial charge >= 0.3 is 5.69 Å². The van der Waals surface area contributed by atoms with Gasteiger partial charge in [-0.2, -0.15) is 10.2 Å². The van der Waals surface area contributed by atoms with Gasteiger partial charge < -0.3 is 4.90 Å². The molecule has 0 spiro atoms. The molecular formula is C20H22N6O2. The Morgan fingerprint density at radius 3 is 2.79 bits per heavy atom. The second-order valence-electron chi connectivity index (χ2n) is 7.53. The number of benzene rings is 1. The quantitative estimate of drug-likeness (QED) is 0.726. The van der Waals surface area contributed by atoms with Crippen LogP contribution in [0.15, 0.2) is 35.1 Å². The van der Waals surface area contributed by atoms with Crippen LogP contribution in [0.1, 0.15) is 52.8 Å². The van der Waals surface area contributed by atoms with Gasteiger partial charge in [0.05, 0.1) is 5.69 Å². The Morgan fingerprint density at radius 1 is 1.07 bits per heavy atom. The lowest BCUT2D eigenvalue weighted by Crippen LogP contribution is -2.40. The zero-order valence-electron chi connectivity index (χ0n) is 15.5. The highest BCUT2D eigenvalue weighted by Gasteiger charge is 2.32. The van der Waals surface area contributed by atoms with Gasteiger partial charge in [-0.25, -0.2) is 14.5 Å². The van der Waals surface area contributed by atoms with Crippen LogP contribution in [0.5, 0.6) is 0 Å². The molecule has 2 aromatic heterocycles. The van der Waals surface area contributed by atoms with Crippen LogP contribution in [-0.4, -0.2) is 48.9 Å². The fourth-order valence-corrected chi connectivity index (χ4v) is 4.43. The number of aromatic nitrogens is 5. The predicted molar refractivity (Wildman–Crippen MR) is 103 cm³/mol. The van der Waals surface area contributed by atoms with Gasteiger partial charge in [0.2, 0.25) is 0 Å². The monoisotopic (exact) mass is 378 g/mol. The van der Waals surface area contributed by atoms with Crippen molar-refractivity contribution < 1.29 is 4.79 Å². The highest BCUT2D eigenvalue weighted by atomic mass is 16.2.